The van der Waals surface area contributed by atoms with E-state index < -0.39 is 0 Å². The highest BCUT2D eigenvalue weighted by Gasteiger charge is 2.29. The SMILES string of the molecule is c1cncc(CC2CCN(c3noc(C4CCC4)n3)C2)c1. The second-order valence-electron chi connectivity index (χ2n) is 6.23. The molecule has 2 aromatic heterocycles. The minimum absolute atomic E-state index is 0.514. The molecule has 0 N–H and O–H groups in total. The van der Waals surface area contributed by atoms with Gasteiger partial charge < -0.3 is 9.42 Å². The van der Waals surface area contributed by atoms with Gasteiger partial charge in [-0.3, -0.25) is 4.98 Å². The topological polar surface area (TPSA) is 55.1 Å². The summed E-state index contributed by atoms with van der Waals surface area (Å²) in [4.78, 5) is 11.0. The van der Waals surface area contributed by atoms with Crippen molar-refractivity contribution in [2.75, 3.05) is 18.0 Å². The van der Waals surface area contributed by atoms with E-state index in [0.29, 0.717) is 11.8 Å². The van der Waals surface area contributed by atoms with E-state index in [1.807, 2.05) is 18.5 Å². The summed E-state index contributed by atoms with van der Waals surface area (Å²) in [6.45, 7) is 2.03. The molecule has 2 aromatic rings. The second-order valence-corrected chi connectivity index (χ2v) is 6.23. The van der Waals surface area contributed by atoms with Gasteiger partial charge in [-0.1, -0.05) is 12.5 Å². The maximum atomic E-state index is 5.42. The van der Waals surface area contributed by atoms with Gasteiger partial charge in [-0.2, -0.15) is 4.98 Å². The Bertz CT molecular complexity index is 593. The summed E-state index contributed by atoms with van der Waals surface area (Å²) in [7, 11) is 0. The van der Waals surface area contributed by atoms with E-state index in [1.54, 1.807) is 0 Å². The number of nitrogens with zero attached hydrogens (tertiary/aromatic N) is 4. The molecule has 0 aromatic carbocycles. The number of pyridine rings is 1. The van der Waals surface area contributed by atoms with Gasteiger partial charge in [-0.05, 0) is 48.4 Å². The molecule has 0 amide bonds. The normalized spacial score (nSPS) is 22.5. The number of hydrogen-bond acceptors (Lipinski definition) is 5. The standard InChI is InChI=1S/C16H20N4O/c1-4-14(5-1)15-18-16(19-21-15)20-8-6-13(11-20)9-12-3-2-7-17-10-12/h2-3,7,10,13-14H,1,4-6,8-9,11H2. The van der Waals surface area contributed by atoms with Crippen molar-refractivity contribution in [2.45, 2.75) is 38.0 Å². The van der Waals surface area contributed by atoms with Crippen LogP contribution in [0.5, 0.6) is 0 Å². The lowest BCUT2D eigenvalue weighted by Crippen LogP contribution is -2.21. The van der Waals surface area contributed by atoms with Crippen LogP contribution in [0.4, 0.5) is 5.95 Å². The van der Waals surface area contributed by atoms with Crippen LogP contribution < -0.4 is 4.90 Å². The van der Waals surface area contributed by atoms with Crippen LogP contribution in [0.25, 0.3) is 0 Å². The zero-order chi connectivity index (χ0) is 14.1. The number of hydrogen-bond donors (Lipinski definition) is 0. The predicted octanol–water partition coefficient (Wildman–Crippen LogP) is 2.80. The van der Waals surface area contributed by atoms with E-state index in [9.17, 15) is 0 Å². The summed E-state index contributed by atoms with van der Waals surface area (Å²) in [5.41, 5.74) is 1.31. The van der Waals surface area contributed by atoms with Crippen LogP contribution in [0.3, 0.4) is 0 Å². The second kappa shape index (κ2) is 5.47. The summed E-state index contributed by atoms with van der Waals surface area (Å²) in [6, 6.07) is 4.16. The van der Waals surface area contributed by atoms with Crippen molar-refractivity contribution in [3.8, 4) is 0 Å². The van der Waals surface area contributed by atoms with Crippen LogP contribution in [-0.2, 0) is 6.42 Å². The molecule has 1 aliphatic heterocycles. The lowest BCUT2D eigenvalue weighted by atomic mass is 9.85. The van der Waals surface area contributed by atoms with Gasteiger partial charge in [0.15, 0.2) is 0 Å². The molecule has 1 saturated carbocycles. The molecule has 0 spiro atoms. The van der Waals surface area contributed by atoms with Gasteiger partial charge >= 0.3 is 0 Å². The fourth-order valence-corrected chi connectivity index (χ4v) is 3.21. The van der Waals surface area contributed by atoms with Crippen LogP contribution in [0.1, 0.15) is 43.1 Å². The smallest absolute Gasteiger partial charge is 0.266 e. The van der Waals surface area contributed by atoms with Crippen molar-refractivity contribution in [1.29, 1.82) is 0 Å². The van der Waals surface area contributed by atoms with Crippen LogP contribution >= 0.6 is 0 Å². The highest BCUT2D eigenvalue weighted by molar-refractivity contribution is 5.30. The minimum Gasteiger partial charge on any atom is -0.338 e. The summed E-state index contributed by atoms with van der Waals surface area (Å²) in [6.07, 6.45) is 9.74. The number of aromatic nitrogens is 3. The summed E-state index contributed by atoms with van der Waals surface area (Å²) < 4.78 is 5.42. The van der Waals surface area contributed by atoms with E-state index in [0.717, 1.165) is 31.3 Å². The molecule has 1 saturated heterocycles. The third-order valence-electron chi connectivity index (χ3n) is 4.70. The van der Waals surface area contributed by atoms with Crippen LogP contribution in [0, 0.1) is 5.92 Å². The Balaban J connectivity index is 1.38. The molecule has 1 unspecified atom stereocenters. The Morgan fingerprint density at radius 3 is 3.00 bits per heavy atom. The third-order valence-corrected chi connectivity index (χ3v) is 4.70. The first-order valence-corrected chi connectivity index (χ1v) is 7.86. The first-order valence-electron chi connectivity index (χ1n) is 7.86. The van der Waals surface area contributed by atoms with Crippen molar-refractivity contribution >= 4 is 5.95 Å². The molecule has 4 rings (SSSR count). The number of anilines is 1. The lowest BCUT2D eigenvalue weighted by Gasteiger charge is -2.20. The van der Waals surface area contributed by atoms with E-state index in [2.05, 4.69) is 26.1 Å². The van der Waals surface area contributed by atoms with Gasteiger partial charge in [0, 0.05) is 31.4 Å². The van der Waals surface area contributed by atoms with Gasteiger partial charge in [0.25, 0.3) is 5.95 Å². The van der Waals surface area contributed by atoms with Crippen molar-refractivity contribution < 1.29 is 4.52 Å². The van der Waals surface area contributed by atoms with E-state index >= 15 is 0 Å². The van der Waals surface area contributed by atoms with Gasteiger partial charge in [0.1, 0.15) is 0 Å². The first kappa shape index (κ1) is 12.8. The quantitative estimate of drug-likeness (QED) is 0.864. The zero-order valence-corrected chi connectivity index (χ0v) is 12.1. The van der Waals surface area contributed by atoms with E-state index in [4.69, 9.17) is 4.52 Å². The Kier molecular flexibility index (Phi) is 3.33. The van der Waals surface area contributed by atoms with Gasteiger partial charge in [0.05, 0.1) is 0 Å². The van der Waals surface area contributed by atoms with Crippen molar-refractivity contribution in [2.24, 2.45) is 5.92 Å². The molecule has 3 heterocycles. The maximum Gasteiger partial charge on any atom is 0.266 e. The molecule has 110 valence electrons. The van der Waals surface area contributed by atoms with E-state index in [1.165, 1.54) is 31.2 Å². The van der Waals surface area contributed by atoms with Gasteiger partial charge in [-0.25, -0.2) is 0 Å². The fraction of sp³-hybridized carbons (Fsp3) is 0.562. The monoisotopic (exact) mass is 284 g/mol. The van der Waals surface area contributed by atoms with Gasteiger partial charge in [-0.15, -0.1) is 0 Å². The maximum absolute atomic E-state index is 5.42. The average Bonchev–Trinajstić information content (AvgIpc) is 3.07. The molecule has 2 aliphatic rings. The minimum atomic E-state index is 0.514. The molecular weight excluding hydrogens is 264 g/mol. The van der Waals surface area contributed by atoms with Gasteiger partial charge in [0.2, 0.25) is 5.89 Å². The Morgan fingerprint density at radius 1 is 1.29 bits per heavy atom. The Hall–Kier alpha value is -1.91. The fourth-order valence-electron chi connectivity index (χ4n) is 3.21. The van der Waals surface area contributed by atoms with Crippen molar-refractivity contribution in [1.82, 2.24) is 15.1 Å². The Labute approximate surface area is 124 Å². The molecule has 0 radical (unpaired) electrons. The third kappa shape index (κ3) is 2.64. The molecular formula is C16H20N4O. The highest BCUT2D eigenvalue weighted by atomic mass is 16.5. The van der Waals surface area contributed by atoms with Crippen molar-refractivity contribution in [3.63, 3.8) is 0 Å². The van der Waals surface area contributed by atoms with E-state index in [-0.39, 0.29) is 0 Å². The molecule has 21 heavy (non-hydrogen) atoms. The molecule has 0 bridgehead atoms. The molecule has 2 fully saturated rings. The van der Waals surface area contributed by atoms with Crippen LogP contribution in [0.2, 0.25) is 0 Å². The van der Waals surface area contributed by atoms with Crippen LogP contribution in [-0.4, -0.2) is 28.2 Å². The summed E-state index contributed by atoms with van der Waals surface area (Å²) >= 11 is 0. The van der Waals surface area contributed by atoms with Crippen molar-refractivity contribution in [3.05, 3.63) is 36.0 Å². The highest BCUT2D eigenvalue weighted by Crippen LogP contribution is 2.36. The summed E-state index contributed by atoms with van der Waals surface area (Å²) in [5.74, 6) is 2.79. The van der Waals surface area contributed by atoms with Crippen LogP contribution in [0.15, 0.2) is 29.0 Å². The molecule has 5 heteroatoms. The molecule has 1 aliphatic carbocycles. The first-order chi connectivity index (χ1) is 10.4. The zero-order valence-electron chi connectivity index (χ0n) is 12.1. The average molecular weight is 284 g/mol. The number of rotatable bonds is 4. The lowest BCUT2D eigenvalue weighted by molar-refractivity contribution is 0.292. The molecule has 1 atom stereocenters. The largest absolute Gasteiger partial charge is 0.338 e. The molecule has 5 nitrogen and oxygen atoms in total. The summed E-state index contributed by atoms with van der Waals surface area (Å²) in [5, 5.41) is 4.17. The Morgan fingerprint density at radius 2 is 2.24 bits per heavy atom. The predicted molar refractivity (Wildman–Crippen MR) is 79.2 cm³/mol.